The zero-order valence-corrected chi connectivity index (χ0v) is 19.3. The lowest BCUT2D eigenvalue weighted by Gasteiger charge is -2.33. The highest BCUT2D eigenvalue weighted by Crippen LogP contribution is 2.22. The molecule has 0 aromatic heterocycles. The number of hydrogen-bond acceptors (Lipinski definition) is 6. The lowest BCUT2D eigenvalue weighted by Crippen LogP contribution is -2.50. The molecule has 1 saturated heterocycles. The second kappa shape index (κ2) is 11.6. The van der Waals surface area contributed by atoms with Gasteiger partial charge in [-0.2, -0.15) is 0 Å². The maximum absolute atomic E-state index is 12.5. The summed E-state index contributed by atoms with van der Waals surface area (Å²) in [6, 6.07) is 6.54. The van der Waals surface area contributed by atoms with Crippen LogP contribution in [0.4, 0.5) is 0 Å². The molecule has 10 heteroatoms. The second-order valence-corrected chi connectivity index (χ2v) is 9.81. The normalized spacial score (nSPS) is 17.6. The molecule has 0 spiro atoms. The second-order valence-electron chi connectivity index (χ2n) is 8.10. The highest BCUT2D eigenvalue weighted by Gasteiger charge is 2.27. The van der Waals surface area contributed by atoms with Crippen molar-refractivity contribution in [3.63, 3.8) is 0 Å². The predicted octanol–water partition coefficient (Wildman–Crippen LogP) is 0.437. The number of nitrogens with one attached hydrogen (secondary N) is 2. The number of carbonyl (C=O) groups is 2. The lowest BCUT2D eigenvalue weighted by atomic mass is 10.2. The molecule has 1 aromatic carbocycles. The molecule has 0 radical (unpaired) electrons. The zero-order chi connectivity index (χ0) is 23.0. The van der Waals surface area contributed by atoms with Gasteiger partial charge in [-0.3, -0.25) is 14.5 Å². The average molecular weight is 465 g/mol. The Kier molecular flexibility index (Phi) is 8.80. The Bertz CT molecular complexity index is 905. The van der Waals surface area contributed by atoms with Crippen molar-refractivity contribution < 1.29 is 22.7 Å². The molecule has 1 heterocycles. The summed E-state index contributed by atoms with van der Waals surface area (Å²) in [6.07, 6.45) is 5.75. The molecule has 1 aliphatic carbocycles. The van der Waals surface area contributed by atoms with Gasteiger partial charge in [-0.25, -0.2) is 13.1 Å². The molecule has 2 N–H and O–H groups in total. The molecule has 0 atom stereocenters. The molecule has 0 bridgehead atoms. The van der Waals surface area contributed by atoms with Gasteiger partial charge < -0.3 is 15.0 Å². The highest BCUT2D eigenvalue weighted by molar-refractivity contribution is 7.89. The van der Waals surface area contributed by atoms with Crippen LogP contribution < -0.4 is 10.0 Å². The number of benzene rings is 1. The Balaban J connectivity index is 1.41. The van der Waals surface area contributed by atoms with Crippen LogP contribution in [0.15, 0.2) is 35.2 Å². The van der Waals surface area contributed by atoms with Crippen molar-refractivity contribution in [3.8, 4) is 0 Å². The fourth-order valence-electron chi connectivity index (χ4n) is 3.35. The van der Waals surface area contributed by atoms with E-state index in [2.05, 4.69) is 10.0 Å². The van der Waals surface area contributed by atoms with Crippen molar-refractivity contribution in [2.45, 2.75) is 30.2 Å². The molecule has 9 nitrogen and oxygen atoms in total. The van der Waals surface area contributed by atoms with Crippen LogP contribution in [0.2, 0.25) is 0 Å². The van der Waals surface area contributed by atoms with Crippen molar-refractivity contribution in [1.82, 2.24) is 19.8 Å². The van der Waals surface area contributed by atoms with Crippen LogP contribution in [0, 0.1) is 0 Å². The summed E-state index contributed by atoms with van der Waals surface area (Å²) in [4.78, 5) is 28.5. The molecule has 3 rings (SSSR count). The lowest BCUT2D eigenvalue weighted by molar-refractivity contribution is -0.128. The topological polar surface area (TPSA) is 108 Å². The van der Waals surface area contributed by atoms with Crippen LogP contribution in [-0.4, -0.2) is 89.1 Å². The first-order valence-electron chi connectivity index (χ1n) is 10.9. The Morgan fingerprint density at radius 3 is 2.44 bits per heavy atom. The number of piperazine rings is 1. The first-order chi connectivity index (χ1) is 15.4. The van der Waals surface area contributed by atoms with Crippen molar-refractivity contribution >= 4 is 27.9 Å². The summed E-state index contributed by atoms with van der Waals surface area (Å²) in [6.45, 7) is 3.95. The molecular formula is C22H32N4O5S. The summed E-state index contributed by atoms with van der Waals surface area (Å²) in [7, 11) is -1.84. The van der Waals surface area contributed by atoms with Crippen molar-refractivity contribution in [2.75, 3.05) is 53.0 Å². The van der Waals surface area contributed by atoms with E-state index < -0.39 is 10.0 Å². The van der Waals surface area contributed by atoms with Gasteiger partial charge in [-0.05, 0) is 43.0 Å². The van der Waals surface area contributed by atoms with Crippen LogP contribution in [0.25, 0.3) is 6.08 Å². The van der Waals surface area contributed by atoms with Crippen LogP contribution in [0.3, 0.4) is 0 Å². The van der Waals surface area contributed by atoms with Crippen LogP contribution in [0.1, 0.15) is 24.8 Å². The quantitative estimate of drug-likeness (QED) is 0.363. The zero-order valence-electron chi connectivity index (χ0n) is 18.5. The van der Waals surface area contributed by atoms with E-state index in [4.69, 9.17) is 4.74 Å². The van der Waals surface area contributed by atoms with E-state index in [1.54, 1.807) is 42.4 Å². The van der Waals surface area contributed by atoms with Gasteiger partial charge in [0.15, 0.2) is 0 Å². The van der Waals surface area contributed by atoms with Crippen molar-refractivity contribution in [3.05, 3.63) is 35.9 Å². The average Bonchev–Trinajstić information content (AvgIpc) is 3.59. The smallest absolute Gasteiger partial charge is 0.246 e. The third-order valence-corrected chi connectivity index (χ3v) is 6.94. The first kappa shape index (κ1) is 24.4. The van der Waals surface area contributed by atoms with E-state index in [9.17, 15) is 18.0 Å². The SMILES string of the molecule is COCCCNC(=O)CN1CCN(C(=O)/C=C/c2ccc(S(=O)(=O)NC3CC3)cc2)CC1. The van der Waals surface area contributed by atoms with Gasteiger partial charge in [-0.15, -0.1) is 0 Å². The molecule has 1 aromatic rings. The number of carbonyl (C=O) groups excluding carboxylic acids is 2. The van der Waals surface area contributed by atoms with Gasteiger partial charge in [0.2, 0.25) is 21.8 Å². The summed E-state index contributed by atoms with van der Waals surface area (Å²) >= 11 is 0. The van der Waals surface area contributed by atoms with E-state index in [0.717, 1.165) is 24.8 Å². The van der Waals surface area contributed by atoms with E-state index in [-0.39, 0.29) is 22.8 Å². The summed E-state index contributed by atoms with van der Waals surface area (Å²) < 4.78 is 32.0. The number of rotatable bonds is 11. The largest absolute Gasteiger partial charge is 0.385 e. The summed E-state index contributed by atoms with van der Waals surface area (Å²) in [5, 5.41) is 2.87. The van der Waals surface area contributed by atoms with Gasteiger partial charge in [-0.1, -0.05) is 12.1 Å². The Morgan fingerprint density at radius 2 is 1.81 bits per heavy atom. The van der Waals surface area contributed by atoms with Gasteiger partial charge in [0.1, 0.15) is 0 Å². The summed E-state index contributed by atoms with van der Waals surface area (Å²) in [5.41, 5.74) is 0.757. The minimum Gasteiger partial charge on any atom is -0.385 e. The van der Waals surface area contributed by atoms with Crippen LogP contribution in [-0.2, 0) is 24.3 Å². The van der Waals surface area contributed by atoms with Gasteiger partial charge >= 0.3 is 0 Å². The fourth-order valence-corrected chi connectivity index (χ4v) is 4.65. The molecular weight excluding hydrogens is 432 g/mol. The number of methoxy groups -OCH3 is 1. The maximum atomic E-state index is 12.5. The predicted molar refractivity (Wildman–Crippen MR) is 121 cm³/mol. The Labute approximate surface area is 189 Å². The molecule has 176 valence electrons. The number of hydrogen-bond donors (Lipinski definition) is 2. The standard InChI is InChI=1S/C22H32N4O5S/c1-31-16-2-11-23-21(27)17-25-12-14-26(15-13-25)22(28)10-5-18-3-8-20(9-4-18)32(29,30)24-19-6-7-19/h3-5,8-10,19,24H,2,6-7,11-17H2,1H3,(H,23,27)/b10-5+. The molecule has 32 heavy (non-hydrogen) atoms. The Morgan fingerprint density at radius 1 is 1.12 bits per heavy atom. The molecule has 2 amide bonds. The first-order valence-corrected chi connectivity index (χ1v) is 12.4. The van der Waals surface area contributed by atoms with Crippen molar-refractivity contribution in [1.29, 1.82) is 0 Å². The minimum atomic E-state index is -3.47. The Hall–Kier alpha value is -2.27. The molecule has 1 saturated carbocycles. The van der Waals surface area contributed by atoms with Gasteiger partial charge in [0, 0.05) is 58.6 Å². The van der Waals surface area contributed by atoms with E-state index in [0.29, 0.717) is 45.9 Å². The molecule has 2 fully saturated rings. The third kappa shape index (κ3) is 7.70. The number of nitrogens with zero attached hydrogens (tertiary/aromatic N) is 2. The highest BCUT2D eigenvalue weighted by atomic mass is 32.2. The minimum absolute atomic E-state index is 0.0152. The summed E-state index contributed by atoms with van der Waals surface area (Å²) in [5.74, 6) is -0.112. The molecule has 2 aliphatic rings. The van der Waals surface area contributed by atoms with E-state index in [1.807, 2.05) is 4.90 Å². The number of amides is 2. The maximum Gasteiger partial charge on any atom is 0.246 e. The van der Waals surface area contributed by atoms with Gasteiger partial charge in [0.05, 0.1) is 11.4 Å². The molecule has 0 unspecified atom stereocenters. The third-order valence-electron chi connectivity index (χ3n) is 5.41. The monoisotopic (exact) mass is 464 g/mol. The van der Waals surface area contributed by atoms with Crippen molar-refractivity contribution in [2.24, 2.45) is 0 Å². The number of sulfonamides is 1. The molecule has 1 aliphatic heterocycles. The van der Waals surface area contributed by atoms with Crippen LogP contribution in [0.5, 0.6) is 0 Å². The van der Waals surface area contributed by atoms with E-state index in [1.165, 1.54) is 6.08 Å². The fraction of sp³-hybridized carbons (Fsp3) is 0.545. The number of ether oxygens (including phenoxy) is 1. The van der Waals surface area contributed by atoms with Gasteiger partial charge in [0.25, 0.3) is 0 Å². The van der Waals surface area contributed by atoms with Crippen LogP contribution >= 0.6 is 0 Å². The van der Waals surface area contributed by atoms with E-state index >= 15 is 0 Å².